The molecule has 0 bridgehead atoms. The first-order chi connectivity index (χ1) is 11.4. The maximum atomic E-state index is 11.7. The molecule has 2 heterocycles. The van der Waals surface area contributed by atoms with Gasteiger partial charge in [-0.1, -0.05) is 11.6 Å². The fourth-order valence-electron chi connectivity index (χ4n) is 3.15. The Labute approximate surface area is 150 Å². The van der Waals surface area contributed by atoms with Crippen LogP contribution in [0.15, 0.2) is 21.7 Å². The third-order valence-corrected chi connectivity index (χ3v) is 5.04. The zero-order chi connectivity index (χ0) is 17.7. The van der Waals surface area contributed by atoms with Gasteiger partial charge in [-0.05, 0) is 50.1 Å². The van der Waals surface area contributed by atoms with Crippen LogP contribution in [0.1, 0.15) is 38.5 Å². The lowest BCUT2D eigenvalue weighted by Crippen LogP contribution is -2.42. The monoisotopic (exact) mass is 378 g/mol. The van der Waals surface area contributed by atoms with E-state index >= 15 is 0 Å². The molecule has 8 nitrogen and oxygen atoms in total. The third kappa shape index (κ3) is 4.30. The van der Waals surface area contributed by atoms with Gasteiger partial charge >= 0.3 is 10.9 Å². The van der Waals surface area contributed by atoms with Crippen LogP contribution in [-0.2, 0) is 0 Å². The summed E-state index contributed by atoms with van der Waals surface area (Å²) in [5, 5.41) is 21.1. The van der Waals surface area contributed by atoms with Crippen LogP contribution in [0.3, 0.4) is 0 Å². The van der Waals surface area contributed by atoms with Crippen LogP contribution >= 0.6 is 23.2 Å². The van der Waals surface area contributed by atoms with Crippen molar-refractivity contribution in [3.8, 4) is 0 Å². The van der Waals surface area contributed by atoms with Crippen LogP contribution in [0.4, 0.5) is 0 Å². The second-order valence-electron chi connectivity index (χ2n) is 5.89. The Morgan fingerprint density at radius 2 is 1.17 bits per heavy atom. The summed E-state index contributed by atoms with van der Waals surface area (Å²) in [5.41, 5.74) is -0.470. The minimum atomic E-state index is -0.921. The van der Waals surface area contributed by atoms with E-state index in [0.717, 1.165) is 38.5 Å². The molecule has 0 radical (unpaired) electrons. The second kappa shape index (κ2) is 8.53. The van der Waals surface area contributed by atoms with E-state index in [9.17, 15) is 20.2 Å². The molecule has 0 N–H and O–H groups in total. The lowest BCUT2D eigenvalue weighted by atomic mass is 10.1. The molecule has 134 valence electrons. The van der Waals surface area contributed by atoms with Gasteiger partial charge in [0.2, 0.25) is 5.03 Å². The van der Waals surface area contributed by atoms with Gasteiger partial charge in [0.15, 0.2) is 5.82 Å². The van der Waals surface area contributed by atoms with Gasteiger partial charge in [0, 0.05) is 26.2 Å². The molecule has 0 amide bonds. The SMILES string of the molecule is O=[N+]([O-])C(=C(N1CCCCC1)N1CCCCC1)/C(Cl)=C(/Cl)[N+](=O)[O-]. The Morgan fingerprint density at radius 3 is 1.50 bits per heavy atom. The Balaban J connectivity index is 2.56. The summed E-state index contributed by atoms with van der Waals surface area (Å²) in [7, 11) is 0. The molecule has 0 unspecified atom stereocenters. The van der Waals surface area contributed by atoms with E-state index < -0.39 is 25.7 Å². The molecule has 2 aliphatic heterocycles. The first-order valence-electron chi connectivity index (χ1n) is 8.02. The van der Waals surface area contributed by atoms with Crippen molar-refractivity contribution in [2.45, 2.75) is 38.5 Å². The number of nitrogens with zero attached hydrogens (tertiary/aromatic N) is 4. The smallest absolute Gasteiger partial charge is 0.353 e. The molecule has 0 spiro atoms. The number of nitro groups is 2. The van der Waals surface area contributed by atoms with Crippen molar-refractivity contribution in [2.24, 2.45) is 0 Å². The highest BCUT2D eigenvalue weighted by Gasteiger charge is 2.36. The van der Waals surface area contributed by atoms with Crippen molar-refractivity contribution in [3.05, 3.63) is 41.9 Å². The van der Waals surface area contributed by atoms with Crippen molar-refractivity contribution >= 4 is 23.2 Å². The van der Waals surface area contributed by atoms with Crippen molar-refractivity contribution in [1.29, 1.82) is 0 Å². The average molecular weight is 379 g/mol. The average Bonchev–Trinajstić information content (AvgIpc) is 2.59. The summed E-state index contributed by atoms with van der Waals surface area (Å²) in [6.45, 7) is 2.68. The number of halogens is 2. The number of rotatable bonds is 5. The van der Waals surface area contributed by atoms with Crippen LogP contribution in [-0.4, -0.2) is 45.8 Å². The van der Waals surface area contributed by atoms with Crippen molar-refractivity contribution in [2.75, 3.05) is 26.2 Å². The number of allylic oxidation sites excluding steroid dienone is 1. The van der Waals surface area contributed by atoms with Gasteiger partial charge in [0.05, 0.1) is 9.85 Å². The van der Waals surface area contributed by atoms with E-state index in [1.54, 1.807) is 0 Å². The predicted octanol–water partition coefficient (Wildman–Crippen LogP) is 3.33. The summed E-state index contributed by atoms with van der Waals surface area (Å²) in [4.78, 5) is 24.9. The number of likely N-dealkylation sites (tertiary alicyclic amines) is 2. The van der Waals surface area contributed by atoms with E-state index in [1.807, 2.05) is 9.80 Å². The highest BCUT2D eigenvalue weighted by Crippen LogP contribution is 2.31. The minimum Gasteiger partial charge on any atom is -0.353 e. The molecule has 0 aromatic rings. The highest BCUT2D eigenvalue weighted by molar-refractivity contribution is 6.39. The van der Waals surface area contributed by atoms with Gasteiger partial charge in [-0.2, -0.15) is 0 Å². The van der Waals surface area contributed by atoms with Gasteiger partial charge in [-0.3, -0.25) is 20.2 Å². The maximum Gasteiger partial charge on any atom is 0.363 e. The van der Waals surface area contributed by atoms with E-state index in [-0.39, 0.29) is 0 Å². The number of piperidine rings is 2. The van der Waals surface area contributed by atoms with Gasteiger partial charge in [-0.15, -0.1) is 0 Å². The molecule has 0 saturated carbocycles. The Hall–Kier alpha value is -1.54. The van der Waals surface area contributed by atoms with Crippen molar-refractivity contribution < 1.29 is 9.85 Å². The van der Waals surface area contributed by atoms with E-state index in [2.05, 4.69) is 0 Å². The molecule has 2 aliphatic rings. The molecule has 0 atom stereocenters. The van der Waals surface area contributed by atoms with E-state index in [0.29, 0.717) is 32.0 Å². The molecule has 2 rings (SSSR count). The first kappa shape index (κ1) is 18.8. The summed E-state index contributed by atoms with van der Waals surface area (Å²) >= 11 is 11.6. The third-order valence-electron chi connectivity index (χ3n) is 4.25. The number of hydrogen-bond donors (Lipinski definition) is 0. The van der Waals surface area contributed by atoms with Gasteiger partial charge < -0.3 is 9.80 Å². The Bertz CT molecular complexity index is 547. The summed E-state index contributed by atoms with van der Waals surface area (Å²) in [5.74, 6) is 0.365. The highest BCUT2D eigenvalue weighted by atomic mass is 35.5. The van der Waals surface area contributed by atoms with Crippen LogP contribution in [0.25, 0.3) is 0 Å². The molecule has 0 aromatic carbocycles. The van der Waals surface area contributed by atoms with Gasteiger partial charge in [0.25, 0.3) is 0 Å². The van der Waals surface area contributed by atoms with Crippen LogP contribution in [0.2, 0.25) is 0 Å². The molecule has 24 heavy (non-hydrogen) atoms. The molecule has 0 aromatic heterocycles. The zero-order valence-electron chi connectivity index (χ0n) is 13.2. The first-order valence-corrected chi connectivity index (χ1v) is 8.77. The summed E-state index contributed by atoms with van der Waals surface area (Å²) in [6, 6.07) is 0. The maximum absolute atomic E-state index is 11.7. The number of hydrogen-bond acceptors (Lipinski definition) is 6. The summed E-state index contributed by atoms with van der Waals surface area (Å²) < 4.78 is 0. The molecule has 2 fully saturated rings. The topological polar surface area (TPSA) is 92.8 Å². The normalized spacial score (nSPS) is 19.6. The van der Waals surface area contributed by atoms with Crippen molar-refractivity contribution in [3.63, 3.8) is 0 Å². The Kier molecular flexibility index (Phi) is 6.68. The van der Waals surface area contributed by atoms with E-state index in [1.165, 1.54) is 0 Å². The predicted molar refractivity (Wildman–Crippen MR) is 90.6 cm³/mol. The van der Waals surface area contributed by atoms with Crippen LogP contribution in [0, 0.1) is 20.2 Å². The molecule has 10 heteroatoms. The van der Waals surface area contributed by atoms with Crippen molar-refractivity contribution in [1.82, 2.24) is 9.80 Å². The molecule has 0 aliphatic carbocycles. The van der Waals surface area contributed by atoms with E-state index in [4.69, 9.17) is 23.2 Å². The summed E-state index contributed by atoms with van der Waals surface area (Å²) in [6.07, 6.45) is 5.83. The quantitative estimate of drug-likeness (QED) is 0.315. The van der Waals surface area contributed by atoms with Crippen LogP contribution < -0.4 is 0 Å². The lowest BCUT2D eigenvalue weighted by molar-refractivity contribution is -0.431. The van der Waals surface area contributed by atoms with Gasteiger partial charge in [-0.25, -0.2) is 0 Å². The van der Waals surface area contributed by atoms with Gasteiger partial charge in [0.1, 0.15) is 0 Å². The molecule has 2 saturated heterocycles. The Morgan fingerprint density at radius 1 is 0.750 bits per heavy atom. The molecular formula is C14H20Cl2N4O4. The lowest BCUT2D eigenvalue weighted by Gasteiger charge is -2.39. The fraction of sp³-hybridized carbons (Fsp3) is 0.714. The fourth-order valence-corrected chi connectivity index (χ4v) is 3.46. The zero-order valence-corrected chi connectivity index (χ0v) is 14.8. The minimum absolute atomic E-state index is 0.365. The molecular weight excluding hydrogens is 359 g/mol. The largest absolute Gasteiger partial charge is 0.363 e. The second-order valence-corrected chi connectivity index (χ2v) is 6.62. The van der Waals surface area contributed by atoms with Crippen LogP contribution in [0.5, 0.6) is 0 Å². The standard InChI is InChI=1S/C14H20Cl2N4O4/c15-11(13(16)20(23)24)12(19(21)22)14(17-7-3-1-4-8-17)18-9-5-2-6-10-18/h1-10H2/b13-11+.